The number of ether oxygens (including phenoxy) is 2. The fourth-order valence-electron chi connectivity index (χ4n) is 2.05. The quantitative estimate of drug-likeness (QED) is 0.459. The van der Waals surface area contributed by atoms with E-state index in [1.165, 1.54) is 0 Å². The van der Waals surface area contributed by atoms with Crippen molar-refractivity contribution in [2.24, 2.45) is 0 Å². The van der Waals surface area contributed by atoms with Crippen molar-refractivity contribution >= 4 is 16.3 Å². The summed E-state index contributed by atoms with van der Waals surface area (Å²) in [5.41, 5.74) is 2.07. The Kier molecular flexibility index (Phi) is 5.74. The van der Waals surface area contributed by atoms with Crippen LogP contribution in [-0.4, -0.2) is 25.7 Å². The van der Waals surface area contributed by atoms with E-state index in [2.05, 4.69) is 5.32 Å². The summed E-state index contributed by atoms with van der Waals surface area (Å²) in [5.74, 6) is 1.43. The zero-order chi connectivity index (χ0) is 15.9. The molecule has 1 aromatic carbocycles. The maximum atomic E-state index is 10.6. The maximum Gasteiger partial charge on any atom is 0.324 e. The van der Waals surface area contributed by atoms with Crippen molar-refractivity contribution < 1.29 is 14.4 Å². The van der Waals surface area contributed by atoms with E-state index in [-0.39, 0.29) is 9.92 Å². The van der Waals surface area contributed by atoms with Gasteiger partial charge >= 0.3 is 5.00 Å². The fraction of sp³-hybridized carbons (Fsp3) is 0.333. The van der Waals surface area contributed by atoms with Crippen molar-refractivity contribution in [3.63, 3.8) is 0 Å². The molecule has 1 N–H and O–H groups in total. The molecular weight excluding hydrogens is 304 g/mol. The standard InChI is InChI=1S/C15H18N2O4S/c1-20-13-4-3-11(7-14(13)21-2)5-6-16-9-12-8-15(17(18)19)22-10-12/h3-4,7-8,10,16H,5-6,9H2,1-2H3. The molecular formula is C15H18N2O4S. The second kappa shape index (κ2) is 7.77. The van der Waals surface area contributed by atoms with Gasteiger partial charge in [-0.15, -0.1) is 0 Å². The molecule has 0 spiro atoms. The molecule has 2 rings (SSSR count). The first-order chi connectivity index (χ1) is 10.6. The molecule has 118 valence electrons. The molecule has 1 aromatic heterocycles. The molecule has 0 aliphatic heterocycles. The molecule has 0 amide bonds. The van der Waals surface area contributed by atoms with Gasteiger partial charge in [-0.25, -0.2) is 0 Å². The first kappa shape index (κ1) is 16.3. The van der Waals surface area contributed by atoms with Crippen LogP contribution in [-0.2, 0) is 13.0 Å². The Labute approximate surface area is 132 Å². The third kappa shape index (κ3) is 4.19. The van der Waals surface area contributed by atoms with Gasteiger partial charge in [0.05, 0.1) is 19.1 Å². The van der Waals surface area contributed by atoms with Crippen molar-refractivity contribution in [2.75, 3.05) is 20.8 Å². The third-order valence-electron chi connectivity index (χ3n) is 3.19. The number of nitrogens with one attached hydrogen (secondary N) is 1. The van der Waals surface area contributed by atoms with Gasteiger partial charge in [0.2, 0.25) is 0 Å². The van der Waals surface area contributed by atoms with Crippen LogP contribution in [0.2, 0.25) is 0 Å². The summed E-state index contributed by atoms with van der Waals surface area (Å²) in [6.07, 6.45) is 0.840. The maximum absolute atomic E-state index is 10.6. The van der Waals surface area contributed by atoms with E-state index in [1.807, 2.05) is 23.6 Å². The molecule has 0 bridgehead atoms. The molecule has 0 saturated heterocycles. The van der Waals surface area contributed by atoms with Crippen LogP contribution < -0.4 is 14.8 Å². The number of methoxy groups -OCH3 is 2. The van der Waals surface area contributed by atoms with Crippen LogP contribution in [0, 0.1) is 10.1 Å². The van der Waals surface area contributed by atoms with E-state index < -0.39 is 0 Å². The van der Waals surface area contributed by atoms with Gasteiger partial charge in [0.1, 0.15) is 0 Å². The minimum Gasteiger partial charge on any atom is -0.493 e. The summed E-state index contributed by atoms with van der Waals surface area (Å²) in [7, 11) is 3.22. The Balaban J connectivity index is 1.82. The van der Waals surface area contributed by atoms with E-state index in [0.717, 1.165) is 35.4 Å². The van der Waals surface area contributed by atoms with Crippen molar-refractivity contribution in [1.29, 1.82) is 0 Å². The van der Waals surface area contributed by atoms with Gasteiger partial charge in [-0.05, 0) is 36.2 Å². The molecule has 2 aromatic rings. The molecule has 0 saturated carbocycles. The molecule has 0 aliphatic carbocycles. The van der Waals surface area contributed by atoms with Crippen LogP contribution in [0.5, 0.6) is 11.5 Å². The van der Waals surface area contributed by atoms with Gasteiger partial charge in [0.15, 0.2) is 11.5 Å². The van der Waals surface area contributed by atoms with E-state index in [9.17, 15) is 10.1 Å². The summed E-state index contributed by atoms with van der Waals surface area (Å²) < 4.78 is 10.5. The summed E-state index contributed by atoms with van der Waals surface area (Å²) in [6, 6.07) is 7.44. The number of nitro groups is 1. The fourth-order valence-corrected chi connectivity index (χ4v) is 2.78. The summed E-state index contributed by atoms with van der Waals surface area (Å²) in [4.78, 5) is 10.3. The average Bonchev–Trinajstić information content (AvgIpc) is 3.00. The lowest BCUT2D eigenvalue weighted by Crippen LogP contribution is -2.16. The smallest absolute Gasteiger partial charge is 0.324 e. The summed E-state index contributed by atoms with van der Waals surface area (Å²) in [5, 5.41) is 15.9. The van der Waals surface area contributed by atoms with E-state index in [0.29, 0.717) is 18.0 Å². The van der Waals surface area contributed by atoms with Gasteiger partial charge in [-0.3, -0.25) is 10.1 Å². The van der Waals surface area contributed by atoms with Crippen LogP contribution in [0.1, 0.15) is 11.1 Å². The van der Waals surface area contributed by atoms with Gasteiger partial charge in [-0.1, -0.05) is 17.4 Å². The molecule has 0 fully saturated rings. The Morgan fingerprint density at radius 3 is 2.59 bits per heavy atom. The molecule has 0 aliphatic rings. The topological polar surface area (TPSA) is 73.6 Å². The number of hydrogen-bond donors (Lipinski definition) is 1. The van der Waals surface area contributed by atoms with Crippen LogP contribution in [0.25, 0.3) is 0 Å². The summed E-state index contributed by atoms with van der Waals surface area (Å²) in [6.45, 7) is 1.40. The van der Waals surface area contributed by atoms with E-state index in [1.54, 1.807) is 20.3 Å². The SMILES string of the molecule is COc1ccc(CCNCc2csc([N+](=O)[O-])c2)cc1OC. The second-order valence-electron chi connectivity index (χ2n) is 4.67. The minimum absolute atomic E-state index is 0.177. The van der Waals surface area contributed by atoms with Gasteiger partial charge in [0.25, 0.3) is 0 Å². The molecule has 1 heterocycles. The first-order valence-electron chi connectivity index (χ1n) is 6.77. The molecule has 0 atom stereocenters. The highest BCUT2D eigenvalue weighted by Crippen LogP contribution is 2.27. The third-order valence-corrected chi connectivity index (χ3v) is 4.12. The largest absolute Gasteiger partial charge is 0.493 e. The van der Waals surface area contributed by atoms with Crippen molar-refractivity contribution in [3.8, 4) is 11.5 Å². The lowest BCUT2D eigenvalue weighted by atomic mass is 10.1. The van der Waals surface area contributed by atoms with E-state index >= 15 is 0 Å². The van der Waals surface area contributed by atoms with Crippen LogP contribution in [0.4, 0.5) is 5.00 Å². The monoisotopic (exact) mass is 322 g/mol. The van der Waals surface area contributed by atoms with Gasteiger partial charge in [-0.2, -0.15) is 0 Å². The second-order valence-corrected chi connectivity index (χ2v) is 5.56. The van der Waals surface area contributed by atoms with Gasteiger partial charge in [0, 0.05) is 18.0 Å². The number of hydrogen-bond acceptors (Lipinski definition) is 6. The lowest BCUT2D eigenvalue weighted by Gasteiger charge is -2.09. The molecule has 7 heteroatoms. The average molecular weight is 322 g/mol. The van der Waals surface area contributed by atoms with Gasteiger partial charge < -0.3 is 14.8 Å². The predicted molar refractivity (Wildman–Crippen MR) is 85.9 cm³/mol. The Bertz CT molecular complexity index is 642. The van der Waals surface area contributed by atoms with Crippen LogP contribution in [0.3, 0.4) is 0 Å². The Morgan fingerprint density at radius 1 is 1.18 bits per heavy atom. The zero-order valence-electron chi connectivity index (χ0n) is 12.5. The number of benzene rings is 1. The highest BCUT2D eigenvalue weighted by Gasteiger charge is 2.09. The minimum atomic E-state index is -0.363. The van der Waals surface area contributed by atoms with Crippen LogP contribution >= 0.6 is 11.3 Å². The normalized spacial score (nSPS) is 10.5. The van der Waals surface area contributed by atoms with Crippen LogP contribution in [0.15, 0.2) is 29.6 Å². The highest BCUT2D eigenvalue weighted by atomic mass is 32.1. The highest BCUT2D eigenvalue weighted by molar-refractivity contribution is 7.13. The van der Waals surface area contributed by atoms with Crippen molar-refractivity contribution in [1.82, 2.24) is 5.32 Å². The lowest BCUT2D eigenvalue weighted by molar-refractivity contribution is -0.380. The molecule has 6 nitrogen and oxygen atoms in total. The molecule has 0 radical (unpaired) electrons. The predicted octanol–water partition coefficient (Wildman–Crippen LogP) is 3.01. The van der Waals surface area contributed by atoms with E-state index in [4.69, 9.17) is 9.47 Å². The summed E-state index contributed by atoms with van der Waals surface area (Å²) >= 11 is 1.15. The number of rotatable bonds is 8. The molecule has 0 unspecified atom stereocenters. The first-order valence-corrected chi connectivity index (χ1v) is 7.65. The van der Waals surface area contributed by atoms with Crippen molar-refractivity contribution in [2.45, 2.75) is 13.0 Å². The Morgan fingerprint density at radius 2 is 1.95 bits per heavy atom. The molecule has 22 heavy (non-hydrogen) atoms. The van der Waals surface area contributed by atoms with Crippen molar-refractivity contribution in [3.05, 3.63) is 50.9 Å². The Hall–Kier alpha value is -2.12. The number of nitrogens with zero attached hydrogens (tertiary/aromatic N) is 1. The zero-order valence-corrected chi connectivity index (χ0v) is 13.3. The number of thiophene rings is 1.